The number of nitrogens with zero attached hydrogens (tertiary/aromatic N) is 5. The molecule has 1 saturated heterocycles. The molecule has 3 aromatic rings. The highest BCUT2D eigenvalue weighted by Gasteiger charge is 2.32. The Labute approximate surface area is 190 Å². The van der Waals surface area contributed by atoms with E-state index in [9.17, 15) is 4.79 Å². The van der Waals surface area contributed by atoms with Crippen LogP contribution in [0.15, 0.2) is 60.7 Å². The summed E-state index contributed by atoms with van der Waals surface area (Å²) < 4.78 is 7.35. The number of aromatic nitrogens is 4. The highest BCUT2D eigenvalue weighted by atomic mass is 35.5. The Morgan fingerprint density at radius 3 is 2.72 bits per heavy atom. The molecule has 1 N–H and O–H groups in total. The normalized spacial score (nSPS) is 20.0. The Bertz CT molecular complexity index is 1110. The van der Waals surface area contributed by atoms with Crippen LogP contribution in [0.5, 0.6) is 0 Å². The number of amides is 1. The van der Waals surface area contributed by atoms with Gasteiger partial charge in [-0.2, -0.15) is 4.68 Å². The zero-order valence-corrected chi connectivity index (χ0v) is 18.2. The predicted molar refractivity (Wildman–Crippen MR) is 121 cm³/mol. The molecule has 164 valence electrons. The summed E-state index contributed by atoms with van der Waals surface area (Å²) in [5.74, 6) is 0.395. The minimum atomic E-state index is -0.196. The molecular weight excluding hydrogens is 428 g/mol. The second kappa shape index (κ2) is 9.10. The van der Waals surface area contributed by atoms with Crippen molar-refractivity contribution in [3.05, 3.63) is 76.8 Å². The third-order valence-electron chi connectivity index (χ3n) is 5.72. The summed E-state index contributed by atoms with van der Waals surface area (Å²) in [4.78, 5) is 14.7. The fraction of sp³-hybridized carbons (Fsp3) is 0.304. The molecule has 8 nitrogen and oxygen atoms in total. The average molecular weight is 451 g/mol. The van der Waals surface area contributed by atoms with Crippen LogP contribution in [0, 0.1) is 0 Å². The van der Waals surface area contributed by atoms with Gasteiger partial charge in [-0.1, -0.05) is 59.2 Å². The SMILES string of the molecule is O=C(CN1C(c2ccc(Cl)cc2)=C[C@H](c2ccccc2)n2nnnc21)NC[C@@H]1CCCO1. The monoisotopic (exact) mass is 450 g/mol. The van der Waals surface area contributed by atoms with E-state index in [0.29, 0.717) is 17.5 Å². The number of hydrogen-bond acceptors (Lipinski definition) is 6. The van der Waals surface area contributed by atoms with E-state index >= 15 is 0 Å². The maximum atomic E-state index is 12.8. The van der Waals surface area contributed by atoms with Crippen molar-refractivity contribution < 1.29 is 9.53 Å². The first-order chi connectivity index (χ1) is 15.7. The minimum absolute atomic E-state index is 0.0827. The quantitative estimate of drug-likeness (QED) is 0.621. The number of tetrazole rings is 1. The zero-order chi connectivity index (χ0) is 21.9. The predicted octanol–water partition coefficient (Wildman–Crippen LogP) is 3.07. The van der Waals surface area contributed by atoms with Crippen LogP contribution >= 0.6 is 11.6 Å². The van der Waals surface area contributed by atoms with Crippen molar-refractivity contribution in [1.82, 2.24) is 25.5 Å². The molecule has 0 spiro atoms. The molecule has 0 saturated carbocycles. The lowest BCUT2D eigenvalue weighted by atomic mass is 10.0. The lowest BCUT2D eigenvalue weighted by molar-refractivity contribution is -0.120. The van der Waals surface area contributed by atoms with E-state index in [2.05, 4.69) is 26.9 Å². The molecule has 3 heterocycles. The summed E-state index contributed by atoms with van der Waals surface area (Å²) in [5, 5.41) is 16.0. The van der Waals surface area contributed by atoms with E-state index in [1.807, 2.05) is 59.5 Å². The standard InChI is InChI=1S/C23H23ClN6O2/c24-18-10-8-17(9-11-18)20-13-21(16-5-2-1-3-6-16)30-23(26-27-28-30)29(20)15-22(31)25-14-19-7-4-12-32-19/h1-3,5-6,8-11,13,19,21H,4,7,12,14-15H2,(H,25,31)/t19-,21+/m0/s1. The Kier molecular flexibility index (Phi) is 5.87. The van der Waals surface area contributed by atoms with Gasteiger partial charge in [0.25, 0.3) is 5.95 Å². The molecule has 0 unspecified atom stereocenters. The summed E-state index contributed by atoms with van der Waals surface area (Å²) >= 11 is 6.12. The van der Waals surface area contributed by atoms with Gasteiger partial charge in [0.05, 0.1) is 11.8 Å². The van der Waals surface area contributed by atoms with Crippen LogP contribution < -0.4 is 10.2 Å². The van der Waals surface area contributed by atoms with Gasteiger partial charge in [-0.3, -0.25) is 9.69 Å². The molecular formula is C23H23ClN6O2. The molecule has 2 atom stereocenters. The van der Waals surface area contributed by atoms with Gasteiger partial charge in [0.15, 0.2) is 0 Å². The van der Waals surface area contributed by atoms with Crippen molar-refractivity contribution in [1.29, 1.82) is 0 Å². The van der Waals surface area contributed by atoms with Gasteiger partial charge in [0, 0.05) is 18.2 Å². The maximum Gasteiger partial charge on any atom is 0.251 e. The molecule has 2 aliphatic rings. The topological polar surface area (TPSA) is 85.2 Å². The Morgan fingerprint density at radius 2 is 1.97 bits per heavy atom. The number of nitrogens with one attached hydrogen (secondary N) is 1. The van der Waals surface area contributed by atoms with Gasteiger partial charge in [-0.25, -0.2) is 0 Å². The average Bonchev–Trinajstić information content (AvgIpc) is 3.52. The number of fused-ring (bicyclic) bond motifs is 1. The molecule has 2 aromatic carbocycles. The molecule has 9 heteroatoms. The van der Waals surface area contributed by atoms with Gasteiger partial charge in [0.2, 0.25) is 5.91 Å². The number of benzene rings is 2. The van der Waals surface area contributed by atoms with E-state index in [1.165, 1.54) is 0 Å². The van der Waals surface area contributed by atoms with Crippen molar-refractivity contribution in [2.24, 2.45) is 0 Å². The summed E-state index contributed by atoms with van der Waals surface area (Å²) in [6.45, 7) is 1.35. The molecule has 0 radical (unpaired) electrons. The fourth-order valence-corrected chi connectivity index (χ4v) is 4.24. The number of allylic oxidation sites excluding steroid dienone is 1. The van der Waals surface area contributed by atoms with E-state index < -0.39 is 0 Å². The second-order valence-corrected chi connectivity index (χ2v) is 8.30. The maximum absolute atomic E-state index is 12.8. The van der Waals surface area contributed by atoms with Crippen LogP contribution in [0.3, 0.4) is 0 Å². The fourth-order valence-electron chi connectivity index (χ4n) is 4.11. The Hall–Kier alpha value is -3.23. The largest absolute Gasteiger partial charge is 0.376 e. The summed E-state index contributed by atoms with van der Waals surface area (Å²) in [6.07, 6.45) is 4.16. The van der Waals surface area contributed by atoms with Gasteiger partial charge < -0.3 is 10.1 Å². The van der Waals surface area contributed by atoms with Crippen LogP contribution in [-0.4, -0.2) is 51.9 Å². The molecule has 1 fully saturated rings. The van der Waals surface area contributed by atoms with Gasteiger partial charge in [0.1, 0.15) is 12.6 Å². The molecule has 5 rings (SSSR count). The number of carbonyl (C=O) groups excluding carboxylic acids is 1. The number of rotatable bonds is 6. The number of halogens is 1. The van der Waals surface area contributed by atoms with Crippen LogP contribution in [0.4, 0.5) is 5.95 Å². The van der Waals surface area contributed by atoms with Crippen molar-refractivity contribution in [2.75, 3.05) is 24.6 Å². The van der Waals surface area contributed by atoms with Crippen molar-refractivity contribution in [2.45, 2.75) is 25.0 Å². The highest BCUT2D eigenvalue weighted by Crippen LogP contribution is 2.36. The summed E-state index contributed by atoms with van der Waals surface area (Å²) in [5.41, 5.74) is 2.83. The molecule has 1 amide bonds. The number of anilines is 1. The highest BCUT2D eigenvalue weighted by molar-refractivity contribution is 6.30. The van der Waals surface area contributed by atoms with E-state index in [-0.39, 0.29) is 24.6 Å². The summed E-state index contributed by atoms with van der Waals surface area (Å²) in [6, 6.07) is 17.4. The second-order valence-electron chi connectivity index (χ2n) is 7.86. The van der Waals surface area contributed by atoms with Gasteiger partial charge in [-0.15, -0.1) is 0 Å². The van der Waals surface area contributed by atoms with E-state index in [4.69, 9.17) is 16.3 Å². The smallest absolute Gasteiger partial charge is 0.251 e. The Morgan fingerprint density at radius 1 is 1.16 bits per heavy atom. The van der Waals surface area contributed by atoms with Crippen LogP contribution in [0.2, 0.25) is 5.02 Å². The number of carbonyl (C=O) groups is 1. The molecule has 32 heavy (non-hydrogen) atoms. The minimum Gasteiger partial charge on any atom is -0.376 e. The number of ether oxygens (including phenoxy) is 1. The third-order valence-corrected chi connectivity index (χ3v) is 5.97. The number of hydrogen-bond donors (Lipinski definition) is 1. The van der Waals surface area contributed by atoms with Gasteiger partial charge in [-0.05, 0) is 52.6 Å². The van der Waals surface area contributed by atoms with Crippen LogP contribution in [0.25, 0.3) is 5.70 Å². The van der Waals surface area contributed by atoms with Crippen molar-refractivity contribution in [3.8, 4) is 0 Å². The first-order valence-electron chi connectivity index (χ1n) is 10.7. The lowest BCUT2D eigenvalue weighted by Crippen LogP contribution is -2.42. The molecule has 0 aliphatic carbocycles. The van der Waals surface area contributed by atoms with E-state index in [1.54, 1.807) is 4.68 Å². The molecule has 2 aliphatic heterocycles. The Balaban J connectivity index is 1.47. The molecule has 1 aromatic heterocycles. The third kappa shape index (κ3) is 4.24. The van der Waals surface area contributed by atoms with Crippen molar-refractivity contribution >= 4 is 29.2 Å². The first-order valence-corrected chi connectivity index (χ1v) is 11.0. The van der Waals surface area contributed by atoms with E-state index in [0.717, 1.165) is 36.3 Å². The summed E-state index contributed by atoms with van der Waals surface area (Å²) in [7, 11) is 0. The van der Waals surface area contributed by atoms with Crippen LogP contribution in [-0.2, 0) is 9.53 Å². The van der Waals surface area contributed by atoms with Crippen molar-refractivity contribution in [3.63, 3.8) is 0 Å². The first kappa shape index (κ1) is 20.7. The molecule has 0 bridgehead atoms. The van der Waals surface area contributed by atoms with Gasteiger partial charge >= 0.3 is 0 Å². The lowest BCUT2D eigenvalue weighted by Gasteiger charge is -2.32. The zero-order valence-electron chi connectivity index (χ0n) is 17.4. The van der Waals surface area contributed by atoms with Crippen LogP contribution in [0.1, 0.15) is 30.0 Å².